The van der Waals surface area contributed by atoms with E-state index in [1.807, 2.05) is 12.1 Å². The number of ether oxygens (including phenoxy) is 1. The number of thiazole rings is 1. The molecule has 1 aliphatic carbocycles. The molecule has 0 amide bonds. The maximum absolute atomic E-state index is 11.3. The standard InChI is InChI=1S/C17H19NO3S/c1-2-11-6-8-12(9-7-11)21-10-15-18-16-13(17(19)20)4-3-5-14(16)22-15/h6-9,13H,2-5,10H2,1H3,(H,19,20). The summed E-state index contributed by atoms with van der Waals surface area (Å²) in [4.78, 5) is 16.9. The Kier molecular flexibility index (Phi) is 4.43. The second-order valence-electron chi connectivity index (χ2n) is 5.49. The van der Waals surface area contributed by atoms with Gasteiger partial charge in [0, 0.05) is 4.88 Å². The molecule has 0 saturated carbocycles. The van der Waals surface area contributed by atoms with Crippen molar-refractivity contribution in [2.24, 2.45) is 0 Å². The molecule has 1 atom stereocenters. The van der Waals surface area contributed by atoms with E-state index in [2.05, 4.69) is 24.0 Å². The Balaban J connectivity index is 1.69. The molecule has 0 spiro atoms. The van der Waals surface area contributed by atoms with Gasteiger partial charge in [0.05, 0.1) is 11.6 Å². The Morgan fingerprint density at radius 3 is 2.86 bits per heavy atom. The van der Waals surface area contributed by atoms with Crippen LogP contribution in [0.15, 0.2) is 24.3 Å². The quantitative estimate of drug-likeness (QED) is 0.911. The van der Waals surface area contributed by atoms with E-state index in [9.17, 15) is 9.90 Å². The number of aromatic nitrogens is 1. The summed E-state index contributed by atoms with van der Waals surface area (Å²) in [6.45, 7) is 2.52. The fourth-order valence-electron chi connectivity index (χ4n) is 2.74. The van der Waals surface area contributed by atoms with E-state index in [1.165, 1.54) is 5.56 Å². The molecule has 22 heavy (non-hydrogen) atoms. The Morgan fingerprint density at radius 1 is 1.41 bits per heavy atom. The van der Waals surface area contributed by atoms with Crippen molar-refractivity contribution in [1.82, 2.24) is 4.98 Å². The maximum Gasteiger partial charge on any atom is 0.312 e. The molecule has 0 radical (unpaired) electrons. The molecule has 1 N–H and O–H groups in total. The molecule has 4 nitrogen and oxygen atoms in total. The van der Waals surface area contributed by atoms with E-state index < -0.39 is 11.9 Å². The number of nitrogens with zero attached hydrogens (tertiary/aromatic N) is 1. The number of aliphatic carboxylic acids is 1. The van der Waals surface area contributed by atoms with E-state index in [-0.39, 0.29) is 0 Å². The van der Waals surface area contributed by atoms with Crippen LogP contribution < -0.4 is 4.74 Å². The minimum atomic E-state index is -0.770. The predicted octanol–water partition coefficient (Wildman–Crippen LogP) is 3.79. The van der Waals surface area contributed by atoms with Gasteiger partial charge in [0.15, 0.2) is 0 Å². The Bertz CT molecular complexity index is 663. The van der Waals surface area contributed by atoms with Gasteiger partial charge in [0.1, 0.15) is 17.4 Å². The highest BCUT2D eigenvalue weighted by atomic mass is 32.1. The predicted molar refractivity (Wildman–Crippen MR) is 85.6 cm³/mol. The number of carboxylic acids is 1. The fraction of sp³-hybridized carbons (Fsp3) is 0.412. The zero-order valence-corrected chi connectivity index (χ0v) is 13.4. The number of carboxylic acid groups (broad SMARTS) is 1. The Labute approximate surface area is 133 Å². The molecular formula is C17H19NO3S. The van der Waals surface area contributed by atoms with Gasteiger partial charge < -0.3 is 9.84 Å². The number of rotatable bonds is 5. The number of benzene rings is 1. The lowest BCUT2D eigenvalue weighted by Crippen LogP contribution is -2.17. The highest BCUT2D eigenvalue weighted by Crippen LogP contribution is 2.35. The van der Waals surface area contributed by atoms with Crippen LogP contribution in [0.5, 0.6) is 5.75 Å². The topological polar surface area (TPSA) is 59.4 Å². The summed E-state index contributed by atoms with van der Waals surface area (Å²) >= 11 is 1.58. The fourth-order valence-corrected chi connectivity index (χ4v) is 3.82. The highest BCUT2D eigenvalue weighted by molar-refractivity contribution is 7.11. The average molecular weight is 317 g/mol. The van der Waals surface area contributed by atoms with Crippen LogP contribution in [0.3, 0.4) is 0 Å². The second-order valence-corrected chi connectivity index (χ2v) is 6.65. The van der Waals surface area contributed by atoms with E-state index in [1.54, 1.807) is 11.3 Å². The molecule has 0 bridgehead atoms. The van der Waals surface area contributed by atoms with Gasteiger partial charge in [0.25, 0.3) is 0 Å². The normalized spacial score (nSPS) is 17.0. The van der Waals surface area contributed by atoms with Crippen molar-refractivity contribution in [3.05, 3.63) is 45.4 Å². The first kappa shape index (κ1) is 15.0. The number of hydrogen-bond acceptors (Lipinski definition) is 4. The molecule has 2 aromatic rings. The van der Waals surface area contributed by atoms with Gasteiger partial charge >= 0.3 is 5.97 Å². The molecule has 1 heterocycles. The smallest absolute Gasteiger partial charge is 0.312 e. The molecule has 0 saturated heterocycles. The first-order valence-electron chi connectivity index (χ1n) is 7.60. The first-order chi connectivity index (χ1) is 10.7. The lowest BCUT2D eigenvalue weighted by Gasteiger charge is -2.16. The van der Waals surface area contributed by atoms with Crippen LogP contribution in [0.25, 0.3) is 0 Å². The zero-order chi connectivity index (χ0) is 15.5. The number of carbonyl (C=O) groups is 1. The molecule has 1 unspecified atom stereocenters. The van der Waals surface area contributed by atoms with Crippen molar-refractivity contribution in [3.63, 3.8) is 0 Å². The zero-order valence-electron chi connectivity index (χ0n) is 12.5. The van der Waals surface area contributed by atoms with Gasteiger partial charge in [-0.3, -0.25) is 4.79 Å². The summed E-state index contributed by atoms with van der Waals surface area (Å²) in [5.74, 6) is -0.397. The lowest BCUT2D eigenvalue weighted by atomic mass is 9.91. The summed E-state index contributed by atoms with van der Waals surface area (Å²) in [7, 11) is 0. The SMILES string of the molecule is CCc1ccc(OCc2nc3c(s2)CCCC3C(=O)O)cc1. The van der Waals surface area contributed by atoms with Crippen LogP contribution in [0.1, 0.15) is 46.8 Å². The molecule has 5 heteroatoms. The summed E-state index contributed by atoms with van der Waals surface area (Å²) in [6, 6.07) is 8.05. The number of aryl methyl sites for hydroxylation is 2. The third-order valence-electron chi connectivity index (χ3n) is 3.99. The molecule has 1 aromatic carbocycles. The summed E-state index contributed by atoms with van der Waals surface area (Å²) in [5.41, 5.74) is 2.03. The van der Waals surface area contributed by atoms with E-state index >= 15 is 0 Å². The van der Waals surface area contributed by atoms with Crippen molar-refractivity contribution in [2.75, 3.05) is 0 Å². The van der Waals surface area contributed by atoms with Crippen LogP contribution in [0.4, 0.5) is 0 Å². The first-order valence-corrected chi connectivity index (χ1v) is 8.42. The van der Waals surface area contributed by atoms with Crippen molar-refractivity contribution >= 4 is 17.3 Å². The van der Waals surface area contributed by atoms with Crippen molar-refractivity contribution in [3.8, 4) is 5.75 Å². The average Bonchev–Trinajstić information content (AvgIpc) is 2.96. The van der Waals surface area contributed by atoms with Gasteiger partial charge in [-0.25, -0.2) is 4.98 Å². The van der Waals surface area contributed by atoms with Crippen molar-refractivity contribution < 1.29 is 14.6 Å². The second kappa shape index (κ2) is 6.48. The number of fused-ring (bicyclic) bond motifs is 1. The summed E-state index contributed by atoms with van der Waals surface area (Å²) in [5, 5.41) is 10.1. The minimum Gasteiger partial charge on any atom is -0.486 e. The molecule has 0 aliphatic heterocycles. The van der Waals surface area contributed by atoms with Crippen LogP contribution in [0, 0.1) is 0 Å². The molecule has 1 aromatic heterocycles. The van der Waals surface area contributed by atoms with E-state index in [4.69, 9.17) is 4.74 Å². The molecule has 116 valence electrons. The molecule has 0 fully saturated rings. The third-order valence-corrected chi connectivity index (χ3v) is 5.09. The van der Waals surface area contributed by atoms with Gasteiger partial charge in [-0.05, 0) is 43.4 Å². The van der Waals surface area contributed by atoms with Gasteiger partial charge in [-0.15, -0.1) is 11.3 Å². The van der Waals surface area contributed by atoms with Crippen molar-refractivity contribution in [2.45, 2.75) is 45.1 Å². The van der Waals surface area contributed by atoms with Gasteiger partial charge in [-0.1, -0.05) is 19.1 Å². The van der Waals surface area contributed by atoms with Gasteiger partial charge in [-0.2, -0.15) is 0 Å². The highest BCUT2D eigenvalue weighted by Gasteiger charge is 2.29. The van der Waals surface area contributed by atoms with Crippen LogP contribution in [-0.2, 0) is 24.2 Å². The van der Waals surface area contributed by atoms with Crippen molar-refractivity contribution in [1.29, 1.82) is 0 Å². The molecular weight excluding hydrogens is 298 g/mol. The van der Waals surface area contributed by atoms with Gasteiger partial charge in [0.2, 0.25) is 0 Å². The largest absolute Gasteiger partial charge is 0.486 e. The van der Waals surface area contributed by atoms with E-state index in [0.29, 0.717) is 13.0 Å². The molecule has 3 rings (SSSR count). The minimum absolute atomic E-state index is 0.398. The van der Waals surface area contributed by atoms with E-state index in [0.717, 1.165) is 40.6 Å². The Morgan fingerprint density at radius 2 is 2.18 bits per heavy atom. The summed E-state index contributed by atoms with van der Waals surface area (Å²) in [6.07, 6.45) is 3.55. The van der Waals surface area contributed by atoms with Crippen LogP contribution in [0.2, 0.25) is 0 Å². The lowest BCUT2D eigenvalue weighted by molar-refractivity contribution is -0.139. The Hall–Kier alpha value is -1.88. The monoisotopic (exact) mass is 317 g/mol. The van der Waals surface area contributed by atoms with Crippen LogP contribution in [-0.4, -0.2) is 16.1 Å². The van der Waals surface area contributed by atoms with Crippen LogP contribution >= 0.6 is 11.3 Å². The molecule has 1 aliphatic rings. The maximum atomic E-state index is 11.3. The number of hydrogen-bond donors (Lipinski definition) is 1. The third kappa shape index (κ3) is 3.14. The summed E-state index contributed by atoms with van der Waals surface area (Å²) < 4.78 is 5.77.